The van der Waals surface area contributed by atoms with Crippen LogP contribution in [0.25, 0.3) is 0 Å². The molecule has 2 rings (SSSR count). The number of hydrogen-bond donors (Lipinski definition) is 0. The molecule has 1 aromatic rings. The molecule has 5 nitrogen and oxygen atoms in total. The number of methoxy groups -OCH3 is 1. The zero-order valence-electron chi connectivity index (χ0n) is 11.9. The van der Waals surface area contributed by atoms with Crippen molar-refractivity contribution in [1.82, 2.24) is 5.01 Å². The van der Waals surface area contributed by atoms with Crippen molar-refractivity contribution in [3.63, 3.8) is 0 Å². The summed E-state index contributed by atoms with van der Waals surface area (Å²) < 4.78 is 4.60. The summed E-state index contributed by atoms with van der Waals surface area (Å²) in [7, 11) is 1.32. The molecule has 0 saturated heterocycles. The quantitative estimate of drug-likeness (QED) is 0.790. The second-order valence-corrected chi connectivity index (χ2v) is 5.23. The molecule has 0 aliphatic carbocycles. The van der Waals surface area contributed by atoms with Gasteiger partial charge in [-0.1, -0.05) is 30.3 Å². The molecule has 5 heteroatoms. The highest BCUT2D eigenvalue weighted by Gasteiger charge is 2.37. The van der Waals surface area contributed by atoms with Gasteiger partial charge >= 0.3 is 5.97 Å². The van der Waals surface area contributed by atoms with Gasteiger partial charge in [0.25, 0.3) is 0 Å². The lowest BCUT2D eigenvalue weighted by molar-refractivity contribution is -0.139. The zero-order chi connectivity index (χ0) is 14.8. The largest absolute Gasteiger partial charge is 0.469 e. The van der Waals surface area contributed by atoms with E-state index in [0.717, 1.165) is 5.56 Å². The Morgan fingerprint density at radius 3 is 2.60 bits per heavy atom. The molecule has 0 spiro atoms. The van der Waals surface area contributed by atoms with Crippen LogP contribution in [0.1, 0.15) is 32.3 Å². The van der Waals surface area contributed by atoms with Gasteiger partial charge in [0, 0.05) is 0 Å². The van der Waals surface area contributed by atoms with Crippen molar-refractivity contribution < 1.29 is 14.3 Å². The molecule has 0 radical (unpaired) electrons. The molecule has 20 heavy (non-hydrogen) atoms. The van der Waals surface area contributed by atoms with E-state index in [4.69, 9.17) is 0 Å². The fourth-order valence-corrected chi connectivity index (χ4v) is 2.22. The number of nitrogens with zero attached hydrogens (tertiary/aromatic N) is 2. The van der Waals surface area contributed by atoms with Crippen LogP contribution in [0.4, 0.5) is 0 Å². The summed E-state index contributed by atoms with van der Waals surface area (Å²) in [5.74, 6) is -0.478. The van der Waals surface area contributed by atoms with Gasteiger partial charge in [-0.3, -0.25) is 9.59 Å². The number of carbonyl (C=O) groups is 2. The lowest BCUT2D eigenvalue weighted by atomic mass is 9.93. The first-order valence-electron chi connectivity index (χ1n) is 6.47. The number of amides is 1. The molecular weight excluding hydrogens is 256 g/mol. The van der Waals surface area contributed by atoms with Gasteiger partial charge in [0.15, 0.2) is 0 Å². The highest BCUT2D eigenvalue weighted by Crippen LogP contribution is 2.31. The Kier molecular flexibility index (Phi) is 3.88. The van der Waals surface area contributed by atoms with E-state index in [2.05, 4.69) is 9.84 Å². The summed E-state index contributed by atoms with van der Waals surface area (Å²) >= 11 is 0. The van der Waals surface area contributed by atoms with Gasteiger partial charge < -0.3 is 4.74 Å². The van der Waals surface area contributed by atoms with Crippen molar-refractivity contribution in [3.8, 4) is 0 Å². The summed E-state index contributed by atoms with van der Waals surface area (Å²) in [6.45, 7) is 3.87. The number of benzene rings is 1. The summed E-state index contributed by atoms with van der Waals surface area (Å²) in [6, 6.07) is 9.70. The number of ether oxygens (including phenoxy) is 1. The van der Waals surface area contributed by atoms with Crippen LogP contribution in [0.15, 0.2) is 35.4 Å². The molecule has 106 valence electrons. The van der Waals surface area contributed by atoms with Gasteiger partial charge in [0.05, 0.1) is 31.2 Å². The molecule has 0 atom stereocenters. The molecular formula is C15H18N2O3. The monoisotopic (exact) mass is 274 g/mol. The highest BCUT2D eigenvalue weighted by atomic mass is 16.5. The highest BCUT2D eigenvalue weighted by molar-refractivity contribution is 6.10. The lowest BCUT2D eigenvalue weighted by Crippen LogP contribution is -2.39. The van der Waals surface area contributed by atoms with Crippen LogP contribution in [0, 0.1) is 0 Å². The Balaban J connectivity index is 2.23. The lowest BCUT2D eigenvalue weighted by Gasteiger charge is -2.32. The predicted molar refractivity (Wildman–Crippen MR) is 75.0 cm³/mol. The van der Waals surface area contributed by atoms with E-state index >= 15 is 0 Å². The normalized spacial score (nSPS) is 15.2. The molecule has 0 saturated carbocycles. The zero-order valence-corrected chi connectivity index (χ0v) is 11.9. The molecule has 0 bridgehead atoms. The Labute approximate surface area is 118 Å². The standard InChI is InChI=1S/C15H18N2O3/c1-15(2,11-7-5-4-6-8-11)17-13(18)9-12(16-17)10-14(19)20-3/h4-8H,9-10H2,1-3H3. The summed E-state index contributed by atoms with van der Waals surface area (Å²) in [5, 5.41) is 5.76. The Bertz CT molecular complexity index is 549. The first-order valence-corrected chi connectivity index (χ1v) is 6.47. The van der Waals surface area contributed by atoms with Gasteiger partial charge in [-0.15, -0.1) is 0 Å². The summed E-state index contributed by atoms with van der Waals surface area (Å²) in [6.07, 6.45) is 0.231. The number of esters is 1. The molecule has 0 aromatic heterocycles. The van der Waals surface area contributed by atoms with Crippen LogP contribution in [0.5, 0.6) is 0 Å². The second kappa shape index (κ2) is 5.45. The third kappa shape index (κ3) is 2.71. The number of hydrazone groups is 1. The topological polar surface area (TPSA) is 59.0 Å². The van der Waals surface area contributed by atoms with Crippen molar-refractivity contribution in [2.45, 2.75) is 32.2 Å². The Hall–Kier alpha value is -2.17. The smallest absolute Gasteiger partial charge is 0.311 e. The third-order valence-corrected chi connectivity index (χ3v) is 3.42. The molecule has 1 heterocycles. The van der Waals surface area contributed by atoms with E-state index in [1.54, 1.807) is 0 Å². The molecule has 0 fully saturated rings. The van der Waals surface area contributed by atoms with E-state index in [1.807, 2.05) is 44.2 Å². The van der Waals surface area contributed by atoms with E-state index < -0.39 is 5.54 Å². The third-order valence-electron chi connectivity index (χ3n) is 3.42. The maximum Gasteiger partial charge on any atom is 0.311 e. The van der Waals surface area contributed by atoms with Crippen molar-refractivity contribution in [1.29, 1.82) is 0 Å². The molecule has 1 aliphatic rings. The van der Waals surface area contributed by atoms with E-state index in [9.17, 15) is 9.59 Å². The molecule has 1 aromatic carbocycles. The van der Waals surface area contributed by atoms with Gasteiger partial charge in [-0.2, -0.15) is 5.10 Å². The fourth-order valence-electron chi connectivity index (χ4n) is 2.22. The Morgan fingerprint density at radius 2 is 2.00 bits per heavy atom. The van der Waals surface area contributed by atoms with Crippen LogP contribution >= 0.6 is 0 Å². The van der Waals surface area contributed by atoms with Crippen molar-refractivity contribution in [2.24, 2.45) is 5.10 Å². The number of rotatable bonds is 4. The second-order valence-electron chi connectivity index (χ2n) is 5.23. The summed E-state index contributed by atoms with van der Waals surface area (Å²) in [5.41, 5.74) is 0.998. The van der Waals surface area contributed by atoms with E-state index in [1.165, 1.54) is 12.1 Å². The minimum atomic E-state index is -0.545. The number of carbonyl (C=O) groups excluding carboxylic acids is 2. The molecule has 0 N–H and O–H groups in total. The average Bonchev–Trinajstić information content (AvgIpc) is 2.81. The first kappa shape index (κ1) is 14.2. The summed E-state index contributed by atoms with van der Waals surface area (Å²) in [4.78, 5) is 23.4. The molecule has 1 amide bonds. The minimum absolute atomic E-state index is 0.0591. The van der Waals surface area contributed by atoms with Crippen molar-refractivity contribution in [2.75, 3.05) is 7.11 Å². The van der Waals surface area contributed by atoms with Crippen LogP contribution in [-0.2, 0) is 19.9 Å². The average molecular weight is 274 g/mol. The minimum Gasteiger partial charge on any atom is -0.469 e. The van der Waals surface area contributed by atoms with Gasteiger partial charge in [0.2, 0.25) is 5.91 Å². The molecule has 1 aliphatic heterocycles. The predicted octanol–water partition coefficient (Wildman–Crippen LogP) is 2.07. The van der Waals surface area contributed by atoms with Crippen LogP contribution in [0.3, 0.4) is 0 Å². The fraction of sp³-hybridized carbons (Fsp3) is 0.400. The van der Waals surface area contributed by atoms with Gasteiger partial charge in [-0.25, -0.2) is 5.01 Å². The van der Waals surface area contributed by atoms with Gasteiger partial charge in [-0.05, 0) is 19.4 Å². The SMILES string of the molecule is COC(=O)CC1=NN(C(C)(C)c2ccccc2)C(=O)C1. The maximum atomic E-state index is 12.1. The number of hydrogen-bond acceptors (Lipinski definition) is 4. The van der Waals surface area contributed by atoms with Gasteiger partial charge in [0.1, 0.15) is 0 Å². The van der Waals surface area contributed by atoms with Crippen LogP contribution in [0.2, 0.25) is 0 Å². The Morgan fingerprint density at radius 1 is 1.35 bits per heavy atom. The van der Waals surface area contributed by atoms with Crippen molar-refractivity contribution >= 4 is 17.6 Å². The van der Waals surface area contributed by atoms with Crippen LogP contribution in [-0.4, -0.2) is 29.7 Å². The van der Waals surface area contributed by atoms with E-state index in [-0.39, 0.29) is 24.7 Å². The van der Waals surface area contributed by atoms with Crippen molar-refractivity contribution in [3.05, 3.63) is 35.9 Å². The van der Waals surface area contributed by atoms with Crippen LogP contribution < -0.4 is 0 Å². The molecule has 0 unspecified atom stereocenters. The van der Waals surface area contributed by atoms with E-state index in [0.29, 0.717) is 5.71 Å². The maximum absolute atomic E-state index is 12.1. The first-order chi connectivity index (χ1) is 9.45.